The first kappa shape index (κ1) is 13.9. The summed E-state index contributed by atoms with van der Waals surface area (Å²) in [5, 5.41) is 3.32. The molecular weight excluding hydrogens is 260 g/mol. The lowest BCUT2D eigenvalue weighted by molar-refractivity contribution is 0.740. The number of fused-ring (bicyclic) bond motifs is 1. The highest BCUT2D eigenvalue weighted by Gasteiger charge is 2.20. The van der Waals surface area contributed by atoms with E-state index in [1.54, 1.807) is 0 Å². The molecule has 0 fully saturated rings. The average Bonchev–Trinajstić information content (AvgIpc) is 2.96. The lowest BCUT2D eigenvalue weighted by Gasteiger charge is -2.18. The van der Waals surface area contributed by atoms with Gasteiger partial charge in [-0.05, 0) is 30.5 Å². The first-order valence-electron chi connectivity index (χ1n) is 7.81. The van der Waals surface area contributed by atoms with Gasteiger partial charge in [-0.1, -0.05) is 38.0 Å². The number of unbranched alkanes of at least 4 members (excludes halogenated alkanes) is 2. The van der Waals surface area contributed by atoms with Gasteiger partial charge in [0.25, 0.3) is 0 Å². The van der Waals surface area contributed by atoms with E-state index in [1.807, 2.05) is 12.3 Å². The summed E-state index contributed by atoms with van der Waals surface area (Å²) in [6, 6.07) is 10.5. The molecule has 21 heavy (non-hydrogen) atoms. The number of rotatable bonds is 6. The van der Waals surface area contributed by atoms with Crippen molar-refractivity contribution < 1.29 is 0 Å². The van der Waals surface area contributed by atoms with E-state index in [1.165, 1.54) is 24.1 Å². The van der Waals surface area contributed by atoms with Crippen molar-refractivity contribution >= 4 is 17.5 Å². The molecule has 0 amide bonds. The summed E-state index contributed by atoms with van der Waals surface area (Å²) in [6.07, 6.45) is 6.56. The van der Waals surface area contributed by atoms with Crippen molar-refractivity contribution in [3.8, 4) is 0 Å². The van der Waals surface area contributed by atoms with E-state index >= 15 is 0 Å². The van der Waals surface area contributed by atoms with E-state index in [0.717, 1.165) is 37.7 Å². The quantitative estimate of drug-likeness (QED) is 0.819. The number of hydrogen-bond donors (Lipinski definition) is 1. The fraction of sp³-hybridized carbons (Fsp3) is 0.412. The third-order valence-electron chi connectivity index (χ3n) is 3.87. The zero-order valence-electron chi connectivity index (χ0n) is 12.5. The predicted octanol–water partition coefficient (Wildman–Crippen LogP) is 3.77. The van der Waals surface area contributed by atoms with Crippen LogP contribution in [0.1, 0.15) is 31.7 Å². The molecule has 110 valence electrons. The first-order chi connectivity index (χ1) is 10.4. The normalized spacial score (nSPS) is 13.3. The van der Waals surface area contributed by atoms with Gasteiger partial charge in [0, 0.05) is 25.0 Å². The van der Waals surface area contributed by atoms with Crippen molar-refractivity contribution in [3.63, 3.8) is 0 Å². The molecule has 2 heterocycles. The maximum atomic E-state index is 4.65. The Kier molecular flexibility index (Phi) is 4.34. The van der Waals surface area contributed by atoms with Gasteiger partial charge in [0.2, 0.25) is 5.95 Å². The van der Waals surface area contributed by atoms with Crippen LogP contribution in [0, 0.1) is 0 Å². The molecule has 0 aliphatic carbocycles. The van der Waals surface area contributed by atoms with E-state index in [2.05, 4.69) is 51.4 Å². The molecule has 0 saturated heterocycles. The minimum Gasteiger partial charge on any atom is -0.354 e. The molecule has 0 saturated carbocycles. The van der Waals surface area contributed by atoms with Crippen molar-refractivity contribution in [2.24, 2.45) is 0 Å². The first-order valence-corrected chi connectivity index (χ1v) is 7.81. The molecule has 0 bridgehead atoms. The van der Waals surface area contributed by atoms with Crippen molar-refractivity contribution in [2.45, 2.75) is 32.6 Å². The molecule has 1 aromatic heterocycles. The van der Waals surface area contributed by atoms with Gasteiger partial charge < -0.3 is 10.2 Å². The van der Waals surface area contributed by atoms with Crippen LogP contribution in [-0.2, 0) is 6.42 Å². The molecular formula is C17H22N4. The van der Waals surface area contributed by atoms with E-state index < -0.39 is 0 Å². The number of benzene rings is 1. The zero-order chi connectivity index (χ0) is 14.5. The van der Waals surface area contributed by atoms with Crippen LogP contribution in [0.25, 0.3) is 0 Å². The van der Waals surface area contributed by atoms with Gasteiger partial charge in [-0.2, -0.15) is 4.98 Å². The summed E-state index contributed by atoms with van der Waals surface area (Å²) < 4.78 is 0. The molecule has 2 aromatic rings. The van der Waals surface area contributed by atoms with Crippen molar-refractivity contribution in [2.75, 3.05) is 23.3 Å². The summed E-state index contributed by atoms with van der Waals surface area (Å²) in [6.45, 7) is 4.14. The summed E-state index contributed by atoms with van der Waals surface area (Å²) >= 11 is 0. The van der Waals surface area contributed by atoms with Gasteiger partial charge in [0.15, 0.2) is 0 Å². The van der Waals surface area contributed by atoms with E-state index in [-0.39, 0.29) is 0 Å². The van der Waals surface area contributed by atoms with E-state index in [9.17, 15) is 0 Å². The fourth-order valence-corrected chi connectivity index (χ4v) is 2.74. The van der Waals surface area contributed by atoms with Crippen molar-refractivity contribution in [1.29, 1.82) is 0 Å². The highest BCUT2D eigenvalue weighted by Crippen LogP contribution is 2.33. The van der Waals surface area contributed by atoms with Gasteiger partial charge in [0.05, 0.1) is 0 Å². The Hall–Kier alpha value is -2.10. The second kappa shape index (κ2) is 6.57. The Morgan fingerprint density at radius 1 is 1.19 bits per heavy atom. The largest absolute Gasteiger partial charge is 0.354 e. The Morgan fingerprint density at radius 3 is 3.00 bits per heavy atom. The Morgan fingerprint density at radius 2 is 2.10 bits per heavy atom. The second-order valence-corrected chi connectivity index (χ2v) is 5.40. The van der Waals surface area contributed by atoms with Crippen LogP contribution in [0.4, 0.5) is 17.5 Å². The third kappa shape index (κ3) is 3.15. The third-order valence-corrected chi connectivity index (χ3v) is 3.87. The Balaban J connectivity index is 1.72. The standard InChI is InChI=1S/C17H22N4/c1-2-3-6-11-18-17-19-12-9-16(20-17)21-13-10-14-7-4-5-8-15(14)21/h4-5,7-9,12H,2-3,6,10-11,13H2,1H3,(H,18,19,20). The second-order valence-electron chi connectivity index (χ2n) is 5.40. The molecule has 1 aliphatic heterocycles. The molecule has 4 heteroatoms. The molecule has 1 N–H and O–H groups in total. The van der Waals surface area contributed by atoms with Gasteiger partial charge >= 0.3 is 0 Å². The van der Waals surface area contributed by atoms with Crippen molar-refractivity contribution in [1.82, 2.24) is 9.97 Å². The summed E-state index contributed by atoms with van der Waals surface area (Å²) in [5.41, 5.74) is 2.67. The van der Waals surface area contributed by atoms with Crippen LogP contribution in [-0.4, -0.2) is 23.1 Å². The maximum Gasteiger partial charge on any atom is 0.224 e. The summed E-state index contributed by atoms with van der Waals surface area (Å²) in [7, 11) is 0. The highest BCUT2D eigenvalue weighted by atomic mass is 15.2. The van der Waals surface area contributed by atoms with E-state index in [4.69, 9.17) is 0 Å². The van der Waals surface area contributed by atoms with Crippen LogP contribution in [0.5, 0.6) is 0 Å². The minimum atomic E-state index is 0.730. The molecule has 0 unspecified atom stereocenters. The van der Waals surface area contributed by atoms with Crippen molar-refractivity contribution in [3.05, 3.63) is 42.1 Å². The number of nitrogens with one attached hydrogen (secondary N) is 1. The van der Waals surface area contributed by atoms with Gasteiger partial charge in [0.1, 0.15) is 5.82 Å². The number of aromatic nitrogens is 2. The zero-order valence-corrected chi connectivity index (χ0v) is 12.5. The van der Waals surface area contributed by atoms with Crippen LogP contribution >= 0.6 is 0 Å². The average molecular weight is 282 g/mol. The summed E-state index contributed by atoms with van der Waals surface area (Å²) in [5.74, 6) is 1.71. The smallest absolute Gasteiger partial charge is 0.224 e. The molecule has 1 aromatic carbocycles. The Bertz CT molecular complexity index is 597. The number of nitrogens with zero attached hydrogens (tertiary/aromatic N) is 3. The number of para-hydroxylation sites is 1. The minimum absolute atomic E-state index is 0.730. The number of anilines is 3. The molecule has 1 aliphatic rings. The molecule has 4 nitrogen and oxygen atoms in total. The molecule has 3 rings (SSSR count). The lowest BCUT2D eigenvalue weighted by atomic mass is 10.2. The molecule has 0 radical (unpaired) electrons. The number of hydrogen-bond acceptors (Lipinski definition) is 4. The van der Waals surface area contributed by atoms with Gasteiger partial charge in [-0.15, -0.1) is 0 Å². The van der Waals surface area contributed by atoms with Crippen LogP contribution in [0.15, 0.2) is 36.5 Å². The fourth-order valence-electron chi connectivity index (χ4n) is 2.74. The van der Waals surface area contributed by atoms with E-state index in [0.29, 0.717) is 0 Å². The SMILES string of the molecule is CCCCCNc1nccc(N2CCc3ccccc32)n1. The van der Waals surface area contributed by atoms with Gasteiger partial charge in [-0.3, -0.25) is 0 Å². The van der Waals surface area contributed by atoms with Crippen LogP contribution in [0.2, 0.25) is 0 Å². The predicted molar refractivity (Wildman–Crippen MR) is 87.2 cm³/mol. The van der Waals surface area contributed by atoms with Crippen LogP contribution in [0.3, 0.4) is 0 Å². The monoisotopic (exact) mass is 282 g/mol. The highest BCUT2D eigenvalue weighted by molar-refractivity contribution is 5.67. The maximum absolute atomic E-state index is 4.65. The topological polar surface area (TPSA) is 41.1 Å². The lowest BCUT2D eigenvalue weighted by Crippen LogP contribution is -2.16. The van der Waals surface area contributed by atoms with Gasteiger partial charge in [-0.25, -0.2) is 4.98 Å². The Labute approximate surface area is 126 Å². The molecule has 0 atom stereocenters. The van der Waals surface area contributed by atoms with Crippen LogP contribution < -0.4 is 10.2 Å². The summed E-state index contributed by atoms with van der Waals surface area (Å²) in [4.78, 5) is 11.2. The molecule has 0 spiro atoms.